The number of benzene rings is 1. The lowest BCUT2D eigenvalue weighted by molar-refractivity contribution is -0.125. The van der Waals surface area contributed by atoms with E-state index in [1.807, 2.05) is 24.3 Å². The largest absolute Gasteiger partial charge is 0.376 e. The predicted octanol–water partition coefficient (Wildman–Crippen LogP) is 2.32. The van der Waals surface area contributed by atoms with Crippen LogP contribution in [0.1, 0.15) is 19.3 Å². The van der Waals surface area contributed by atoms with E-state index in [4.69, 9.17) is 4.74 Å². The maximum Gasteiger partial charge on any atom is 0.228 e. The number of rotatable bonds is 5. The lowest BCUT2D eigenvalue weighted by Gasteiger charge is -2.10. The van der Waals surface area contributed by atoms with E-state index >= 15 is 0 Å². The lowest BCUT2D eigenvalue weighted by atomic mass is 10.2. The predicted molar refractivity (Wildman–Crippen MR) is 86.4 cm³/mol. The van der Waals surface area contributed by atoms with E-state index in [1.165, 1.54) is 0 Å². The minimum atomic E-state index is -0.215. The summed E-state index contributed by atoms with van der Waals surface area (Å²) in [6.45, 7) is 1.33. The minimum Gasteiger partial charge on any atom is -0.376 e. The first-order valence-electron chi connectivity index (χ1n) is 7.59. The second-order valence-electron chi connectivity index (χ2n) is 5.83. The first-order chi connectivity index (χ1) is 10.6. The van der Waals surface area contributed by atoms with Gasteiger partial charge in [0.2, 0.25) is 11.8 Å². The molecule has 1 aromatic rings. The zero-order valence-electron chi connectivity index (χ0n) is 12.2. The molecule has 1 aliphatic carbocycles. The molecule has 1 saturated heterocycles. The Morgan fingerprint density at radius 1 is 1.18 bits per heavy atom. The molecule has 0 spiro atoms. The average Bonchev–Trinajstić information content (AvgIpc) is 3.15. The van der Waals surface area contributed by atoms with Gasteiger partial charge in [0.1, 0.15) is 0 Å². The standard InChI is InChI=1S/C16H19BrN2O3/c17-10-3-5-11(6-4-10)19-16(21)14-8-13(14)15(20)18-9-12-2-1-7-22-12/h3-6,12-14H,1-2,7-9H2,(H,18,20)(H,19,21). The summed E-state index contributed by atoms with van der Waals surface area (Å²) in [7, 11) is 0. The van der Waals surface area contributed by atoms with E-state index in [0.29, 0.717) is 13.0 Å². The van der Waals surface area contributed by atoms with Crippen LogP contribution in [0.2, 0.25) is 0 Å². The molecule has 3 unspecified atom stereocenters. The zero-order valence-corrected chi connectivity index (χ0v) is 13.8. The van der Waals surface area contributed by atoms with E-state index in [0.717, 1.165) is 29.6 Å². The van der Waals surface area contributed by atoms with Gasteiger partial charge in [0.05, 0.1) is 17.9 Å². The molecule has 3 atom stereocenters. The van der Waals surface area contributed by atoms with E-state index in [-0.39, 0.29) is 29.8 Å². The SMILES string of the molecule is O=C(NCC1CCCO1)C1CC1C(=O)Nc1ccc(Br)cc1. The Kier molecular flexibility index (Phi) is 4.78. The van der Waals surface area contributed by atoms with Crippen LogP contribution in [0.15, 0.2) is 28.7 Å². The smallest absolute Gasteiger partial charge is 0.228 e. The van der Waals surface area contributed by atoms with Crippen LogP contribution in [0.25, 0.3) is 0 Å². The third kappa shape index (κ3) is 3.87. The molecule has 2 fully saturated rings. The Morgan fingerprint density at radius 3 is 2.59 bits per heavy atom. The van der Waals surface area contributed by atoms with Crippen LogP contribution in [0, 0.1) is 11.8 Å². The van der Waals surface area contributed by atoms with Gasteiger partial charge in [-0.3, -0.25) is 9.59 Å². The summed E-state index contributed by atoms with van der Waals surface area (Å²) in [6, 6.07) is 7.40. The van der Waals surface area contributed by atoms with E-state index in [2.05, 4.69) is 26.6 Å². The highest BCUT2D eigenvalue weighted by molar-refractivity contribution is 9.10. The highest BCUT2D eigenvalue weighted by Gasteiger charge is 2.48. The van der Waals surface area contributed by atoms with Crippen molar-refractivity contribution in [3.8, 4) is 0 Å². The highest BCUT2D eigenvalue weighted by Crippen LogP contribution is 2.39. The van der Waals surface area contributed by atoms with Crippen molar-refractivity contribution in [3.05, 3.63) is 28.7 Å². The van der Waals surface area contributed by atoms with Crippen LogP contribution in [0.5, 0.6) is 0 Å². The molecule has 0 aromatic heterocycles. The van der Waals surface area contributed by atoms with E-state index < -0.39 is 0 Å². The number of amides is 2. The van der Waals surface area contributed by atoms with Crippen LogP contribution < -0.4 is 10.6 Å². The van der Waals surface area contributed by atoms with Gasteiger partial charge in [-0.05, 0) is 43.5 Å². The Hall–Kier alpha value is -1.40. The fraction of sp³-hybridized carbons (Fsp3) is 0.500. The quantitative estimate of drug-likeness (QED) is 0.840. The monoisotopic (exact) mass is 366 g/mol. The average molecular weight is 367 g/mol. The van der Waals surface area contributed by atoms with Crippen molar-refractivity contribution >= 4 is 33.4 Å². The molecule has 1 aliphatic heterocycles. The number of anilines is 1. The highest BCUT2D eigenvalue weighted by atomic mass is 79.9. The maximum absolute atomic E-state index is 12.1. The van der Waals surface area contributed by atoms with Crippen molar-refractivity contribution in [2.75, 3.05) is 18.5 Å². The van der Waals surface area contributed by atoms with Crippen molar-refractivity contribution in [2.45, 2.75) is 25.4 Å². The summed E-state index contributed by atoms with van der Waals surface area (Å²) in [5.41, 5.74) is 0.749. The van der Waals surface area contributed by atoms with Gasteiger partial charge in [0, 0.05) is 23.3 Å². The Labute approximate surface area is 137 Å². The molecule has 22 heavy (non-hydrogen) atoms. The van der Waals surface area contributed by atoms with Gasteiger partial charge in [-0.2, -0.15) is 0 Å². The summed E-state index contributed by atoms with van der Waals surface area (Å²) in [6.07, 6.45) is 2.82. The first-order valence-corrected chi connectivity index (χ1v) is 8.38. The van der Waals surface area contributed by atoms with Crippen LogP contribution in [-0.2, 0) is 14.3 Å². The summed E-state index contributed by atoms with van der Waals surface area (Å²) in [5, 5.41) is 5.74. The van der Waals surface area contributed by atoms with Crippen molar-refractivity contribution in [1.82, 2.24) is 5.32 Å². The number of carbonyl (C=O) groups is 2. The molecule has 118 valence electrons. The maximum atomic E-state index is 12.1. The second kappa shape index (κ2) is 6.79. The molecule has 5 nitrogen and oxygen atoms in total. The van der Waals surface area contributed by atoms with Gasteiger partial charge in [0.25, 0.3) is 0 Å². The summed E-state index contributed by atoms with van der Waals surface area (Å²) >= 11 is 3.35. The van der Waals surface area contributed by atoms with Crippen LogP contribution in [0.3, 0.4) is 0 Å². The fourth-order valence-electron chi connectivity index (χ4n) is 2.69. The summed E-state index contributed by atoms with van der Waals surface area (Å²) < 4.78 is 6.43. The van der Waals surface area contributed by atoms with Crippen molar-refractivity contribution in [3.63, 3.8) is 0 Å². The van der Waals surface area contributed by atoms with Crippen LogP contribution in [0.4, 0.5) is 5.69 Å². The Balaban J connectivity index is 1.43. The third-order valence-corrected chi connectivity index (χ3v) is 4.63. The molecule has 2 N–H and O–H groups in total. The number of nitrogens with one attached hydrogen (secondary N) is 2. The van der Waals surface area contributed by atoms with Gasteiger partial charge >= 0.3 is 0 Å². The number of hydrogen-bond donors (Lipinski definition) is 2. The lowest BCUT2D eigenvalue weighted by Crippen LogP contribution is -2.33. The zero-order chi connectivity index (χ0) is 15.5. The van der Waals surface area contributed by atoms with Gasteiger partial charge in [-0.25, -0.2) is 0 Å². The van der Waals surface area contributed by atoms with Crippen molar-refractivity contribution in [2.24, 2.45) is 11.8 Å². The summed E-state index contributed by atoms with van der Waals surface area (Å²) in [4.78, 5) is 24.1. The van der Waals surface area contributed by atoms with E-state index in [1.54, 1.807) is 0 Å². The number of hydrogen-bond acceptors (Lipinski definition) is 3. The molecule has 1 heterocycles. The number of carbonyl (C=O) groups excluding carboxylic acids is 2. The van der Waals surface area contributed by atoms with E-state index in [9.17, 15) is 9.59 Å². The third-order valence-electron chi connectivity index (χ3n) is 4.10. The number of ether oxygens (including phenoxy) is 1. The second-order valence-corrected chi connectivity index (χ2v) is 6.74. The number of halogens is 1. The molecule has 0 radical (unpaired) electrons. The van der Waals surface area contributed by atoms with Gasteiger partial charge in [-0.15, -0.1) is 0 Å². The van der Waals surface area contributed by atoms with Gasteiger partial charge < -0.3 is 15.4 Å². The topological polar surface area (TPSA) is 67.4 Å². The molecule has 1 saturated carbocycles. The molecular weight excluding hydrogens is 348 g/mol. The van der Waals surface area contributed by atoms with Gasteiger partial charge in [0.15, 0.2) is 0 Å². The molecule has 0 bridgehead atoms. The minimum absolute atomic E-state index is 0.0357. The van der Waals surface area contributed by atoms with Crippen LogP contribution in [-0.4, -0.2) is 31.1 Å². The van der Waals surface area contributed by atoms with Crippen molar-refractivity contribution in [1.29, 1.82) is 0 Å². The first kappa shape index (κ1) is 15.5. The normalized spacial score (nSPS) is 26.5. The Morgan fingerprint density at radius 2 is 1.91 bits per heavy atom. The molecule has 1 aromatic carbocycles. The Bertz CT molecular complexity index is 555. The summed E-state index contributed by atoms with van der Waals surface area (Å²) in [5.74, 6) is -0.531. The molecular formula is C16H19BrN2O3. The molecule has 2 aliphatic rings. The molecule has 6 heteroatoms. The molecule has 3 rings (SSSR count). The molecule has 2 amide bonds. The van der Waals surface area contributed by atoms with Crippen LogP contribution >= 0.6 is 15.9 Å². The van der Waals surface area contributed by atoms with Crippen molar-refractivity contribution < 1.29 is 14.3 Å². The fourth-order valence-corrected chi connectivity index (χ4v) is 2.96. The van der Waals surface area contributed by atoms with Gasteiger partial charge in [-0.1, -0.05) is 15.9 Å².